The van der Waals surface area contributed by atoms with E-state index in [1.807, 2.05) is 0 Å². The second-order valence-electron chi connectivity index (χ2n) is 2.27. The highest BCUT2D eigenvalue weighted by Gasteiger charge is 2.06. The number of pyridine rings is 1. The maximum atomic E-state index is 8.81. The third kappa shape index (κ3) is 1.89. The first-order valence-electron chi connectivity index (χ1n) is 3.69. The molecule has 0 saturated heterocycles. The number of rotatable bonds is 2. The molecular formula is C8H4N4S2. The zero-order valence-corrected chi connectivity index (χ0v) is 8.55. The fourth-order valence-corrected chi connectivity index (χ4v) is 2.28. The number of hydrogen-bond donors (Lipinski definition) is 0. The summed E-state index contributed by atoms with van der Waals surface area (Å²) < 4.78 is 0.792. The van der Waals surface area contributed by atoms with Crippen molar-refractivity contribution in [2.45, 2.75) is 9.37 Å². The van der Waals surface area contributed by atoms with E-state index in [0.29, 0.717) is 10.6 Å². The molecule has 0 bridgehead atoms. The van der Waals surface area contributed by atoms with Crippen LogP contribution < -0.4 is 0 Å². The molecule has 0 aliphatic carbocycles. The quantitative estimate of drug-likeness (QED) is 0.774. The molecule has 4 nitrogen and oxygen atoms in total. The summed E-state index contributed by atoms with van der Waals surface area (Å²) in [4.78, 5) is 4.10. The molecule has 0 aliphatic rings. The van der Waals surface area contributed by atoms with Crippen LogP contribution in [0.2, 0.25) is 0 Å². The maximum Gasteiger partial charge on any atom is 0.180 e. The molecule has 0 saturated carbocycles. The van der Waals surface area contributed by atoms with Gasteiger partial charge in [0.2, 0.25) is 0 Å². The Morgan fingerprint density at radius 3 is 3.14 bits per heavy atom. The van der Waals surface area contributed by atoms with E-state index in [2.05, 4.69) is 21.3 Å². The summed E-state index contributed by atoms with van der Waals surface area (Å²) in [5.41, 5.74) is 2.21. The second kappa shape index (κ2) is 4.17. The highest BCUT2D eigenvalue weighted by atomic mass is 32.2. The third-order valence-electron chi connectivity index (χ3n) is 1.42. The molecule has 68 valence electrons. The van der Waals surface area contributed by atoms with Crippen molar-refractivity contribution >= 4 is 23.1 Å². The summed E-state index contributed by atoms with van der Waals surface area (Å²) in [5, 5.41) is 17.1. The molecule has 6 heteroatoms. The maximum absolute atomic E-state index is 8.81. The van der Waals surface area contributed by atoms with Crippen LogP contribution in [0.3, 0.4) is 0 Å². The molecular weight excluding hydrogens is 216 g/mol. The van der Waals surface area contributed by atoms with Crippen molar-refractivity contribution in [3.05, 3.63) is 29.4 Å². The Morgan fingerprint density at radius 1 is 1.50 bits per heavy atom. The Kier molecular flexibility index (Phi) is 2.72. The molecule has 14 heavy (non-hydrogen) atoms. The van der Waals surface area contributed by atoms with Crippen LogP contribution in [0.25, 0.3) is 0 Å². The van der Waals surface area contributed by atoms with Gasteiger partial charge in [-0.3, -0.25) is 0 Å². The van der Waals surface area contributed by atoms with Gasteiger partial charge in [-0.25, -0.2) is 4.98 Å². The van der Waals surface area contributed by atoms with Crippen LogP contribution in [0.15, 0.2) is 33.2 Å². The van der Waals surface area contributed by atoms with E-state index in [0.717, 1.165) is 4.34 Å². The summed E-state index contributed by atoms with van der Waals surface area (Å²) in [7, 11) is 0. The first-order valence-corrected chi connectivity index (χ1v) is 5.39. The minimum Gasteiger partial charge on any atom is -0.248 e. The average molecular weight is 220 g/mol. The van der Waals surface area contributed by atoms with Crippen LogP contribution in [0.5, 0.6) is 0 Å². The van der Waals surface area contributed by atoms with Crippen molar-refractivity contribution in [1.82, 2.24) is 15.2 Å². The minimum absolute atomic E-state index is 0.563. The van der Waals surface area contributed by atoms with Gasteiger partial charge in [-0.2, -0.15) is 5.26 Å². The van der Waals surface area contributed by atoms with Crippen molar-refractivity contribution in [3.8, 4) is 6.07 Å². The van der Waals surface area contributed by atoms with E-state index in [4.69, 9.17) is 5.26 Å². The SMILES string of the molecule is N#Cc1cccnc1Sc1nncs1. The van der Waals surface area contributed by atoms with Crippen molar-refractivity contribution in [2.75, 3.05) is 0 Å². The Morgan fingerprint density at radius 2 is 2.43 bits per heavy atom. The number of aromatic nitrogens is 3. The molecule has 0 radical (unpaired) electrons. The minimum atomic E-state index is 0.563. The van der Waals surface area contributed by atoms with E-state index in [9.17, 15) is 0 Å². The topological polar surface area (TPSA) is 62.5 Å². The van der Waals surface area contributed by atoms with E-state index < -0.39 is 0 Å². The lowest BCUT2D eigenvalue weighted by atomic mass is 10.3. The van der Waals surface area contributed by atoms with Crippen molar-refractivity contribution < 1.29 is 0 Å². The van der Waals surface area contributed by atoms with E-state index in [1.165, 1.54) is 23.1 Å². The number of nitrogens with zero attached hydrogens (tertiary/aromatic N) is 4. The fraction of sp³-hybridized carbons (Fsp3) is 0. The van der Waals surface area contributed by atoms with Gasteiger partial charge in [-0.1, -0.05) is 11.3 Å². The van der Waals surface area contributed by atoms with Crippen LogP contribution >= 0.6 is 23.1 Å². The fourth-order valence-electron chi connectivity index (χ4n) is 0.847. The molecule has 2 rings (SSSR count). The van der Waals surface area contributed by atoms with E-state index in [-0.39, 0.29) is 0 Å². The van der Waals surface area contributed by atoms with Crippen LogP contribution in [0.4, 0.5) is 0 Å². The van der Waals surface area contributed by atoms with Gasteiger partial charge in [0.25, 0.3) is 0 Å². The Balaban J connectivity index is 2.30. The molecule has 2 heterocycles. The largest absolute Gasteiger partial charge is 0.248 e. The van der Waals surface area contributed by atoms with Gasteiger partial charge in [-0.05, 0) is 23.9 Å². The highest BCUT2D eigenvalue weighted by Crippen LogP contribution is 2.28. The van der Waals surface area contributed by atoms with Crippen LogP contribution in [-0.2, 0) is 0 Å². The van der Waals surface area contributed by atoms with Gasteiger partial charge in [0, 0.05) is 6.20 Å². The Bertz CT molecular complexity index is 460. The zero-order chi connectivity index (χ0) is 9.80. The monoisotopic (exact) mass is 220 g/mol. The smallest absolute Gasteiger partial charge is 0.180 e. The molecule has 0 spiro atoms. The lowest BCUT2D eigenvalue weighted by Gasteiger charge is -1.96. The lowest BCUT2D eigenvalue weighted by molar-refractivity contribution is 1.00. The molecule has 0 N–H and O–H groups in total. The summed E-state index contributed by atoms with van der Waals surface area (Å²) in [6, 6.07) is 5.55. The summed E-state index contributed by atoms with van der Waals surface area (Å²) in [6.45, 7) is 0. The van der Waals surface area contributed by atoms with Crippen molar-refractivity contribution in [2.24, 2.45) is 0 Å². The first-order chi connectivity index (χ1) is 6.90. The average Bonchev–Trinajstić information content (AvgIpc) is 2.71. The van der Waals surface area contributed by atoms with Gasteiger partial charge < -0.3 is 0 Å². The third-order valence-corrected chi connectivity index (χ3v) is 3.21. The summed E-state index contributed by atoms with van der Waals surface area (Å²) >= 11 is 2.79. The molecule has 0 aliphatic heterocycles. The molecule has 0 atom stereocenters. The van der Waals surface area contributed by atoms with Crippen LogP contribution in [-0.4, -0.2) is 15.2 Å². The van der Waals surface area contributed by atoms with Crippen LogP contribution in [0, 0.1) is 11.3 Å². The molecule has 2 aromatic heterocycles. The van der Waals surface area contributed by atoms with Gasteiger partial charge in [0.05, 0.1) is 5.56 Å². The molecule has 0 aromatic carbocycles. The summed E-state index contributed by atoms with van der Waals surface area (Å²) in [6.07, 6.45) is 1.66. The Hall–Kier alpha value is -1.45. The van der Waals surface area contributed by atoms with Crippen LogP contribution in [0.1, 0.15) is 5.56 Å². The zero-order valence-electron chi connectivity index (χ0n) is 6.91. The lowest BCUT2D eigenvalue weighted by Crippen LogP contribution is -1.84. The molecule has 0 unspecified atom stereocenters. The second-order valence-corrected chi connectivity index (χ2v) is 4.34. The molecule has 0 fully saturated rings. The van der Waals surface area contributed by atoms with Crippen molar-refractivity contribution in [3.63, 3.8) is 0 Å². The first kappa shape index (κ1) is 9.12. The van der Waals surface area contributed by atoms with E-state index >= 15 is 0 Å². The predicted octanol–water partition coefficient (Wildman–Crippen LogP) is 1.96. The van der Waals surface area contributed by atoms with Crippen molar-refractivity contribution in [1.29, 1.82) is 5.26 Å². The number of hydrogen-bond acceptors (Lipinski definition) is 6. The molecule has 0 amide bonds. The highest BCUT2D eigenvalue weighted by molar-refractivity contribution is 8.01. The standard InChI is InChI=1S/C8H4N4S2/c9-4-6-2-1-3-10-7(6)14-8-12-11-5-13-8/h1-3,5H. The Labute approximate surface area is 88.6 Å². The normalized spacial score (nSPS) is 9.64. The summed E-state index contributed by atoms with van der Waals surface area (Å²) in [5.74, 6) is 0. The van der Waals surface area contributed by atoms with Gasteiger partial charge in [0.1, 0.15) is 16.6 Å². The number of nitriles is 1. The van der Waals surface area contributed by atoms with Gasteiger partial charge in [0.15, 0.2) is 4.34 Å². The van der Waals surface area contributed by atoms with Gasteiger partial charge >= 0.3 is 0 Å². The predicted molar refractivity (Wildman–Crippen MR) is 53.0 cm³/mol. The van der Waals surface area contributed by atoms with E-state index in [1.54, 1.807) is 23.8 Å². The molecule has 2 aromatic rings. The van der Waals surface area contributed by atoms with Gasteiger partial charge in [-0.15, -0.1) is 10.2 Å².